The molecule has 1 aromatic rings. The average Bonchev–Trinajstić information content (AvgIpc) is 2.96. The van der Waals surface area contributed by atoms with Gasteiger partial charge >= 0.3 is 17.9 Å². The summed E-state index contributed by atoms with van der Waals surface area (Å²) < 4.78 is 4.70. The number of carbonyl (C=O) groups is 3. The fraction of sp³-hybridized carbons (Fsp3) is 0.214. The number of allylic oxidation sites excluding steroid dienone is 2. The van der Waals surface area contributed by atoms with E-state index in [1.165, 1.54) is 12.2 Å². The van der Waals surface area contributed by atoms with Crippen molar-refractivity contribution in [2.75, 3.05) is 0 Å². The number of aliphatic imine (C=N–C) groups is 1. The molecule has 0 spiro atoms. The molecule has 1 aliphatic rings. The molecule has 0 bridgehead atoms. The van der Waals surface area contributed by atoms with Gasteiger partial charge in [-0.25, -0.2) is 14.4 Å². The van der Waals surface area contributed by atoms with Gasteiger partial charge in [0.2, 0.25) is 6.04 Å². The number of carboxylic acid groups (broad SMARTS) is 3. The third-order valence-electron chi connectivity index (χ3n) is 3.20. The standard InChI is InChI=1S/C14H13N3O8/c18-10-5-9(25-17-10)11(14(23)24)15-2-1-6-3-7(12(19)20)16-8(4-6)13(21)22/h1-3,5,8,11,16H,4H2,(H,17,18)(H,19,20)(H,21,22)(H,23,24). The molecule has 2 heterocycles. The number of hydrogen-bond donors (Lipinski definition) is 5. The number of carboxylic acids is 3. The van der Waals surface area contributed by atoms with Crippen LogP contribution in [0, 0.1) is 0 Å². The number of aromatic amines is 1. The van der Waals surface area contributed by atoms with Crippen LogP contribution in [-0.4, -0.2) is 50.6 Å². The Hall–Kier alpha value is -3.63. The van der Waals surface area contributed by atoms with Gasteiger partial charge in [0.25, 0.3) is 5.56 Å². The SMILES string of the molecule is O=C(O)C1=CC(=CC=NC(C(=O)O)c2cc(=O)[nH]o2)CC(C(=O)O)N1. The molecule has 2 rings (SSSR count). The molecule has 11 nitrogen and oxygen atoms in total. The maximum absolute atomic E-state index is 11.2. The molecule has 1 aliphatic heterocycles. The highest BCUT2D eigenvalue weighted by molar-refractivity contribution is 5.90. The van der Waals surface area contributed by atoms with Gasteiger partial charge in [0, 0.05) is 12.6 Å². The Morgan fingerprint density at radius 2 is 2.04 bits per heavy atom. The summed E-state index contributed by atoms with van der Waals surface area (Å²) in [6.45, 7) is 0. The minimum atomic E-state index is -1.48. The van der Waals surface area contributed by atoms with Gasteiger partial charge in [0.05, 0.1) is 6.07 Å². The maximum Gasteiger partial charge on any atom is 0.351 e. The minimum Gasteiger partial charge on any atom is -0.480 e. The molecule has 1 aromatic heterocycles. The zero-order valence-corrected chi connectivity index (χ0v) is 12.5. The summed E-state index contributed by atoms with van der Waals surface area (Å²) in [6, 6.07) is -1.67. The first-order chi connectivity index (χ1) is 11.8. The van der Waals surface area contributed by atoms with E-state index >= 15 is 0 Å². The second-order valence-corrected chi connectivity index (χ2v) is 5.00. The van der Waals surface area contributed by atoms with Crippen LogP contribution in [0.1, 0.15) is 18.2 Å². The number of nitrogens with zero attached hydrogens (tertiary/aromatic N) is 1. The van der Waals surface area contributed by atoms with E-state index in [-0.39, 0.29) is 17.9 Å². The molecule has 0 saturated heterocycles. The van der Waals surface area contributed by atoms with Crippen LogP contribution in [0.15, 0.2) is 43.8 Å². The number of rotatable bonds is 6. The quantitative estimate of drug-likeness (QED) is 0.422. The molecule has 0 radical (unpaired) electrons. The number of aromatic nitrogens is 1. The molecule has 25 heavy (non-hydrogen) atoms. The van der Waals surface area contributed by atoms with Crippen LogP contribution in [-0.2, 0) is 14.4 Å². The van der Waals surface area contributed by atoms with Gasteiger partial charge in [-0.15, -0.1) is 0 Å². The van der Waals surface area contributed by atoms with Gasteiger partial charge in [0.1, 0.15) is 11.7 Å². The van der Waals surface area contributed by atoms with Gasteiger partial charge in [-0.1, -0.05) is 0 Å². The van der Waals surface area contributed by atoms with Crippen LogP contribution in [0.3, 0.4) is 0 Å². The number of hydrogen-bond acceptors (Lipinski definition) is 7. The lowest BCUT2D eigenvalue weighted by Gasteiger charge is -2.21. The van der Waals surface area contributed by atoms with E-state index < -0.39 is 35.6 Å². The third kappa shape index (κ3) is 4.43. The average molecular weight is 351 g/mol. The molecule has 0 saturated carbocycles. The Kier molecular flexibility index (Phi) is 5.17. The molecule has 2 atom stereocenters. The minimum absolute atomic E-state index is 0.0187. The largest absolute Gasteiger partial charge is 0.480 e. The van der Waals surface area contributed by atoms with Crippen molar-refractivity contribution in [1.82, 2.24) is 10.5 Å². The highest BCUT2D eigenvalue weighted by Gasteiger charge is 2.26. The van der Waals surface area contributed by atoms with Crippen LogP contribution in [0.2, 0.25) is 0 Å². The summed E-state index contributed by atoms with van der Waals surface area (Å²) in [7, 11) is 0. The lowest BCUT2D eigenvalue weighted by Crippen LogP contribution is -2.41. The van der Waals surface area contributed by atoms with E-state index in [1.54, 1.807) is 0 Å². The molecular formula is C14H13N3O8. The molecule has 5 N–H and O–H groups in total. The second kappa shape index (κ2) is 7.29. The van der Waals surface area contributed by atoms with Crippen LogP contribution >= 0.6 is 0 Å². The Morgan fingerprint density at radius 3 is 2.56 bits per heavy atom. The van der Waals surface area contributed by atoms with E-state index in [0.717, 1.165) is 12.3 Å². The first-order valence-electron chi connectivity index (χ1n) is 6.86. The first kappa shape index (κ1) is 17.7. The van der Waals surface area contributed by atoms with E-state index in [1.807, 2.05) is 5.16 Å². The molecule has 0 amide bonds. The van der Waals surface area contributed by atoms with Gasteiger partial charge < -0.3 is 25.2 Å². The summed E-state index contributed by atoms with van der Waals surface area (Å²) in [5.74, 6) is -4.13. The molecule has 132 valence electrons. The van der Waals surface area contributed by atoms with Crippen molar-refractivity contribution in [3.8, 4) is 0 Å². The van der Waals surface area contributed by atoms with E-state index in [9.17, 15) is 19.2 Å². The summed E-state index contributed by atoms with van der Waals surface area (Å²) in [4.78, 5) is 48.0. The lowest BCUT2D eigenvalue weighted by atomic mass is 10.00. The lowest BCUT2D eigenvalue weighted by molar-refractivity contribution is -0.140. The molecule has 0 fully saturated rings. The molecule has 2 unspecified atom stereocenters. The predicted octanol–water partition coefficient (Wildman–Crippen LogP) is -0.494. The highest BCUT2D eigenvalue weighted by atomic mass is 16.5. The van der Waals surface area contributed by atoms with Crippen molar-refractivity contribution < 1.29 is 34.2 Å². The summed E-state index contributed by atoms with van der Waals surface area (Å²) >= 11 is 0. The van der Waals surface area contributed by atoms with Crippen molar-refractivity contribution in [3.63, 3.8) is 0 Å². The molecule has 0 aromatic carbocycles. The van der Waals surface area contributed by atoms with Crippen LogP contribution in [0.5, 0.6) is 0 Å². The van der Waals surface area contributed by atoms with Crippen LogP contribution in [0.25, 0.3) is 0 Å². The monoisotopic (exact) mass is 351 g/mol. The van der Waals surface area contributed by atoms with Gasteiger partial charge in [-0.2, -0.15) is 5.16 Å². The zero-order chi connectivity index (χ0) is 18.6. The first-order valence-corrected chi connectivity index (χ1v) is 6.86. The van der Waals surface area contributed by atoms with E-state index in [2.05, 4.69) is 10.3 Å². The van der Waals surface area contributed by atoms with Crippen molar-refractivity contribution in [1.29, 1.82) is 0 Å². The number of nitrogens with one attached hydrogen (secondary N) is 2. The Balaban J connectivity index is 2.25. The predicted molar refractivity (Wildman–Crippen MR) is 81.2 cm³/mol. The number of aliphatic carboxylic acids is 3. The van der Waals surface area contributed by atoms with Crippen molar-refractivity contribution >= 4 is 24.1 Å². The van der Waals surface area contributed by atoms with Crippen molar-refractivity contribution in [2.45, 2.75) is 18.5 Å². The third-order valence-corrected chi connectivity index (χ3v) is 3.20. The number of H-pyrrole nitrogens is 1. The summed E-state index contributed by atoms with van der Waals surface area (Å²) in [5, 5.41) is 31.4. The maximum atomic E-state index is 11.2. The molecular weight excluding hydrogens is 338 g/mol. The van der Waals surface area contributed by atoms with Crippen LogP contribution in [0.4, 0.5) is 0 Å². The van der Waals surface area contributed by atoms with E-state index in [0.29, 0.717) is 5.57 Å². The second-order valence-electron chi connectivity index (χ2n) is 5.00. The summed E-state index contributed by atoms with van der Waals surface area (Å²) in [5.41, 5.74) is -0.594. The Morgan fingerprint density at radius 1 is 1.32 bits per heavy atom. The van der Waals surface area contributed by atoms with Crippen molar-refractivity contribution in [2.24, 2.45) is 4.99 Å². The van der Waals surface area contributed by atoms with Gasteiger partial charge in [-0.3, -0.25) is 9.79 Å². The fourth-order valence-electron chi connectivity index (χ4n) is 2.06. The van der Waals surface area contributed by atoms with E-state index in [4.69, 9.17) is 19.8 Å². The topological polar surface area (TPSA) is 182 Å². The van der Waals surface area contributed by atoms with Crippen LogP contribution < -0.4 is 10.9 Å². The Bertz CT molecular complexity index is 844. The Labute approximate surface area is 139 Å². The van der Waals surface area contributed by atoms with Crippen molar-refractivity contribution in [3.05, 3.63) is 45.6 Å². The fourth-order valence-corrected chi connectivity index (χ4v) is 2.06. The summed E-state index contributed by atoms with van der Waals surface area (Å²) in [6.07, 6.45) is 3.58. The van der Waals surface area contributed by atoms with Gasteiger partial charge in [0.15, 0.2) is 5.76 Å². The normalized spacial score (nSPS) is 20.1. The molecule has 11 heteroatoms. The molecule has 0 aliphatic carbocycles. The zero-order valence-electron chi connectivity index (χ0n) is 12.5. The van der Waals surface area contributed by atoms with Gasteiger partial charge in [-0.05, 0) is 17.7 Å². The highest BCUT2D eigenvalue weighted by Crippen LogP contribution is 2.18. The smallest absolute Gasteiger partial charge is 0.351 e.